The third kappa shape index (κ3) is 5.36. The minimum absolute atomic E-state index is 0.0710. The molecular weight excluding hydrogens is 326 g/mol. The molecule has 0 bridgehead atoms. The molecule has 1 aromatic heterocycles. The zero-order valence-electron chi connectivity index (χ0n) is 11.9. The van der Waals surface area contributed by atoms with Crippen molar-refractivity contribution in [2.75, 3.05) is 5.32 Å². The largest absolute Gasteiger partial charge is 0.331 e. The van der Waals surface area contributed by atoms with Crippen molar-refractivity contribution in [1.82, 2.24) is 5.43 Å². The maximum Gasteiger partial charge on any atom is 0.191 e. The van der Waals surface area contributed by atoms with E-state index in [9.17, 15) is 0 Å². The Bertz CT molecular complexity index is 806. The summed E-state index contributed by atoms with van der Waals surface area (Å²) in [6.45, 7) is 0. The minimum Gasteiger partial charge on any atom is -0.331 e. The molecule has 5 nitrogen and oxygen atoms in total. The molecule has 0 aliphatic carbocycles. The van der Waals surface area contributed by atoms with Gasteiger partial charge in [0.25, 0.3) is 0 Å². The van der Waals surface area contributed by atoms with E-state index in [-0.39, 0.29) is 5.57 Å². The third-order valence-corrected chi connectivity index (χ3v) is 3.72. The second kappa shape index (κ2) is 8.44. The van der Waals surface area contributed by atoms with Crippen LogP contribution in [0.15, 0.2) is 53.1 Å². The molecule has 0 amide bonds. The van der Waals surface area contributed by atoms with Crippen molar-refractivity contribution >= 4 is 46.6 Å². The Morgan fingerprint density at radius 2 is 1.78 bits per heavy atom. The predicted octanol–water partition coefficient (Wildman–Crippen LogP) is 3.50. The van der Waals surface area contributed by atoms with E-state index in [2.05, 4.69) is 15.8 Å². The number of thiocarbonyl (C=S) groups is 1. The Labute approximate surface area is 143 Å². The van der Waals surface area contributed by atoms with Gasteiger partial charge in [0.2, 0.25) is 0 Å². The molecule has 7 heteroatoms. The van der Waals surface area contributed by atoms with Crippen LogP contribution in [-0.2, 0) is 0 Å². The first-order valence-corrected chi connectivity index (χ1v) is 7.70. The fourth-order valence-electron chi connectivity index (χ4n) is 1.58. The predicted molar refractivity (Wildman–Crippen MR) is 96.9 cm³/mol. The molecular formula is C16H11N5S2. The van der Waals surface area contributed by atoms with Gasteiger partial charge in [-0.3, -0.25) is 5.43 Å². The van der Waals surface area contributed by atoms with Crippen molar-refractivity contribution in [3.63, 3.8) is 0 Å². The van der Waals surface area contributed by atoms with E-state index < -0.39 is 0 Å². The monoisotopic (exact) mass is 337 g/mol. The smallest absolute Gasteiger partial charge is 0.191 e. The maximum absolute atomic E-state index is 8.72. The van der Waals surface area contributed by atoms with E-state index in [0.29, 0.717) is 5.11 Å². The molecule has 1 aromatic carbocycles. The molecule has 0 aliphatic rings. The maximum atomic E-state index is 8.72. The van der Waals surface area contributed by atoms with Gasteiger partial charge in [-0.25, -0.2) is 0 Å². The molecule has 0 aliphatic heterocycles. The highest BCUT2D eigenvalue weighted by molar-refractivity contribution is 7.80. The highest BCUT2D eigenvalue weighted by Gasteiger charge is 1.99. The molecule has 0 radical (unpaired) electrons. The van der Waals surface area contributed by atoms with Gasteiger partial charge in [0.15, 0.2) is 5.11 Å². The van der Waals surface area contributed by atoms with Crippen LogP contribution in [0.2, 0.25) is 0 Å². The number of hydrogen-bond donors (Lipinski definition) is 2. The van der Waals surface area contributed by atoms with Gasteiger partial charge in [-0.05, 0) is 42.6 Å². The third-order valence-electron chi connectivity index (χ3n) is 2.56. The Hall–Kier alpha value is -3.00. The fourth-order valence-corrected chi connectivity index (χ4v) is 2.58. The van der Waals surface area contributed by atoms with Crippen LogP contribution in [0.3, 0.4) is 0 Å². The summed E-state index contributed by atoms with van der Waals surface area (Å²) in [6.07, 6.45) is 3.16. The Morgan fingerprint density at radius 1 is 1.09 bits per heavy atom. The quantitative estimate of drug-likeness (QED) is 0.386. The Morgan fingerprint density at radius 3 is 2.48 bits per heavy atom. The van der Waals surface area contributed by atoms with Crippen LogP contribution in [0, 0.1) is 22.7 Å². The van der Waals surface area contributed by atoms with Crippen LogP contribution < -0.4 is 10.7 Å². The van der Waals surface area contributed by atoms with E-state index in [1.807, 2.05) is 54.6 Å². The van der Waals surface area contributed by atoms with Gasteiger partial charge < -0.3 is 5.32 Å². The van der Waals surface area contributed by atoms with E-state index in [1.54, 1.807) is 6.21 Å². The number of rotatable bonds is 4. The summed E-state index contributed by atoms with van der Waals surface area (Å²) in [5, 5.41) is 24.9. The zero-order chi connectivity index (χ0) is 16.5. The number of allylic oxidation sites excluding steroid dienone is 1. The van der Waals surface area contributed by atoms with Crippen molar-refractivity contribution < 1.29 is 0 Å². The molecule has 2 N–H and O–H groups in total. The van der Waals surface area contributed by atoms with E-state index >= 15 is 0 Å². The number of hydrogen-bond acceptors (Lipinski definition) is 5. The summed E-state index contributed by atoms with van der Waals surface area (Å²) < 4.78 is 0. The molecule has 2 rings (SSSR count). The van der Waals surface area contributed by atoms with Crippen LogP contribution in [0.5, 0.6) is 0 Å². The summed E-state index contributed by atoms with van der Waals surface area (Å²) in [6, 6.07) is 16.9. The van der Waals surface area contributed by atoms with Gasteiger partial charge in [-0.1, -0.05) is 18.2 Å². The van der Waals surface area contributed by atoms with E-state index in [0.717, 1.165) is 15.4 Å². The van der Waals surface area contributed by atoms with E-state index in [1.165, 1.54) is 17.4 Å². The summed E-state index contributed by atoms with van der Waals surface area (Å²) in [4.78, 5) is 1.69. The number of nitriles is 2. The lowest BCUT2D eigenvalue weighted by Crippen LogP contribution is -2.23. The highest BCUT2D eigenvalue weighted by atomic mass is 32.1. The average Bonchev–Trinajstić information content (AvgIpc) is 3.01. The molecule has 1 heterocycles. The number of hydrazone groups is 1. The van der Waals surface area contributed by atoms with Crippen LogP contribution in [0.25, 0.3) is 6.08 Å². The van der Waals surface area contributed by atoms with Crippen molar-refractivity contribution in [3.05, 3.63) is 57.8 Å². The van der Waals surface area contributed by atoms with Gasteiger partial charge in [0.05, 0.1) is 6.21 Å². The van der Waals surface area contributed by atoms with E-state index in [4.69, 9.17) is 22.7 Å². The average molecular weight is 337 g/mol. The van der Waals surface area contributed by atoms with Gasteiger partial charge >= 0.3 is 0 Å². The van der Waals surface area contributed by atoms with Crippen molar-refractivity contribution in [2.24, 2.45) is 5.10 Å². The molecule has 2 aromatic rings. The molecule has 0 saturated heterocycles. The summed E-state index contributed by atoms with van der Waals surface area (Å²) in [5.74, 6) is 0. The summed E-state index contributed by atoms with van der Waals surface area (Å²) >= 11 is 6.55. The topological polar surface area (TPSA) is 84.0 Å². The molecule has 112 valence electrons. The molecule has 0 fully saturated rings. The Balaban J connectivity index is 1.90. The van der Waals surface area contributed by atoms with Crippen LogP contribution in [0.4, 0.5) is 5.69 Å². The van der Waals surface area contributed by atoms with Gasteiger partial charge in [-0.2, -0.15) is 15.6 Å². The van der Waals surface area contributed by atoms with Gasteiger partial charge in [0.1, 0.15) is 17.7 Å². The lowest BCUT2D eigenvalue weighted by atomic mass is 10.3. The summed E-state index contributed by atoms with van der Waals surface area (Å²) in [5.41, 5.74) is 3.68. The summed E-state index contributed by atoms with van der Waals surface area (Å²) in [7, 11) is 0. The number of nitrogens with zero attached hydrogens (tertiary/aromatic N) is 3. The first-order valence-electron chi connectivity index (χ1n) is 6.48. The molecule has 0 spiro atoms. The Kier molecular flexibility index (Phi) is 6.01. The molecule has 23 heavy (non-hydrogen) atoms. The second-order valence-electron chi connectivity index (χ2n) is 4.21. The SMILES string of the molecule is N#CC(C#N)=Cc1ccc(/C=N/NC(=S)Nc2ccccc2)s1. The second-order valence-corrected chi connectivity index (χ2v) is 5.77. The minimum atomic E-state index is 0.0710. The molecule has 0 saturated carbocycles. The number of thiophene rings is 1. The first-order chi connectivity index (χ1) is 11.2. The zero-order valence-corrected chi connectivity index (χ0v) is 13.5. The number of nitrogens with one attached hydrogen (secondary N) is 2. The molecule has 0 unspecified atom stereocenters. The van der Waals surface area contributed by atoms with Gasteiger partial charge in [-0.15, -0.1) is 11.3 Å². The highest BCUT2D eigenvalue weighted by Crippen LogP contribution is 2.17. The van der Waals surface area contributed by atoms with Crippen LogP contribution >= 0.6 is 23.6 Å². The van der Waals surface area contributed by atoms with Crippen molar-refractivity contribution in [1.29, 1.82) is 10.5 Å². The normalized spacial score (nSPS) is 9.65. The van der Waals surface area contributed by atoms with Gasteiger partial charge in [0, 0.05) is 15.4 Å². The molecule has 0 atom stereocenters. The lowest BCUT2D eigenvalue weighted by Gasteiger charge is -2.05. The van der Waals surface area contributed by atoms with Crippen LogP contribution in [-0.4, -0.2) is 11.3 Å². The van der Waals surface area contributed by atoms with Crippen LogP contribution in [0.1, 0.15) is 9.75 Å². The number of anilines is 1. The lowest BCUT2D eigenvalue weighted by molar-refractivity contribution is 1.05. The fraction of sp³-hybridized carbons (Fsp3) is 0. The van der Waals surface area contributed by atoms with Crippen molar-refractivity contribution in [3.8, 4) is 12.1 Å². The number of benzene rings is 1. The van der Waals surface area contributed by atoms with Crippen molar-refractivity contribution in [2.45, 2.75) is 0 Å². The standard InChI is InChI=1S/C16H11N5S2/c17-9-12(10-18)8-14-6-7-15(23-14)11-19-21-16(22)20-13-4-2-1-3-5-13/h1-8,11H,(H2,20,21,22)/b19-11+. The number of para-hydroxylation sites is 1. The first kappa shape index (κ1) is 16.4.